The highest BCUT2D eigenvalue weighted by Gasteiger charge is 2.02. The Labute approximate surface area is 80.0 Å². The van der Waals surface area contributed by atoms with Crippen LogP contribution in [0.4, 0.5) is 0 Å². The molecule has 1 aromatic rings. The first-order valence-electron chi connectivity index (χ1n) is 3.60. The summed E-state index contributed by atoms with van der Waals surface area (Å²) < 4.78 is 5.06. The van der Waals surface area contributed by atoms with E-state index < -0.39 is 0 Å². The molecule has 1 N–H and O–H groups in total. The molecule has 0 fully saturated rings. The molecule has 1 aromatic heterocycles. The van der Waals surface area contributed by atoms with Crippen molar-refractivity contribution in [2.45, 2.75) is 6.92 Å². The van der Waals surface area contributed by atoms with E-state index in [1.165, 1.54) is 12.4 Å². The van der Waals surface area contributed by atoms with Crippen molar-refractivity contribution < 1.29 is 9.94 Å². The first kappa shape index (κ1) is 9.73. The molecule has 0 radical (unpaired) electrons. The summed E-state index contributed by atoms with van der Waals surface area (Å²) in [6, 6.07) is 0. The standard InChI is InChI=1S/C7H8ClN3O2/c1-2-13-6-4-9-5(3-10-6)7(8)11-12/h3-4,12H,2H2,1H3/b11-7+. The number of nitrogens with zero attached hydrogens (tertiary/aromatic N) is 3. The Bertz CT molecular complexity index is 299. The van der Waals surface area contributed by atoms with Crippen molar-refractivity contribution >= 4 is 16.8 Å². The molecule has 70 valence electrons. The molecule has 0 unspecified atom stereocenters. The highest BCUT2D eigenvalue weighted by molar-refractivity contribution is 6.69. The van der Waals surface area contributed by atoms with Gasteiger partial charge in [0.2, 0.25) is 5.88 Å². The van der Waals surface area contributed by atoms with Crippen LogP contribution in [0.1, 0.15) is 12.6 Å². The highest BCUT2D eigenvalue weighted by Crippen LogP contribution is 2.05. The minimum Gasteiger partial charge on any atom is -0.477 e. The van der Waals surface area contributed by atoms with Crippen LogP contribution in [0.2, 0.25) is 0 Å². The Morgan fingerprint density at radius 1 is 1.62 bits per heavy atom. The van der Waals surface area contributed by atoms with Crippen molar-refractivity contribution in [2.24, 2.45) is 5.16 Å². The van der Waals surface area contributed by atoms with Gasteiger partial charge in [-0.3, -0.25) is 0 Å². The number of ether oxygens (including phenoxy) is 1. The van der Waals surface area contributed by atoms with Gasteiger partial charge in [0.1, 0.15) is 5.69 Å². The van der Waals surface area contributed by atoms with Gasteiger partial charge in [-0.1, -0.05) is 16.8 Å². The number of aromatic nitrogens is 2. The molecule has 0 aromatic carbocycles. The molecule has 0 saturated heterocycles. The molecule has 0 amide bonds. The summed E-state index contributed by atoms with van der Waals surface area (Å²) in [7, 11) is 0. The van der Waals surface area contributed by atoms with Gasteiger partial charge in [0.15, 0.2) is 5.17 Å². The van der Waals surface area contributed by atoms with Gasteiger partial charge in [-0.05, 0) is 6.92 Å². The zero-order chi connectivity index (χ0) is 9.68. The summed E-state index contributed by atoms with van der Waals surface area (Å²) in [6.07, 6.45) is 2.78. The molecule has 6 heteroatoms. The van der Waals surface area contributed by atoms with Crippen molar-refractivity contribution in [3.63, 3.8) is 0 Å². The fourth-order valence-corrected chi connectivity index (χ4v) is 0.794. The number of hydrogen-bond donors (Lipinski definition) is 1. The van der Waals surface area contributed by atoms with Gasteiger partial charge in [0.25, 0.3) is 0 Å². The van der Waals surface area contributed by atoms with Crippen LogP contribution in [0.15, 0.2) is 17.5 Å². The molecular formula is C7H8ClN3O2. The predicted molar refractivity (Wildman–Crippen MR) is 47.4 cm³/mol. The second-order valence-corrected chi connectivity index (χ2v) is 2.42. The zero-order valence-electron chi connectivity index (χ0n) is 6.94. The van der Waals surface area contributed by atoms with E-state index in [1.807, 2.05) is 6.92 Å². The molecule has 0 bridgehead atoms. The first-order chi connectivity index (χ1) is 6.27. The SMILES string of the molecule is CCOc1cnc(/C(Cl)=N\O)cn1. The second-order valence-electron chi connectivity index (χ2n) is 2.06. The maximum absolute atomic E-state index is 8.32. The molecule has 0 aliphatic heterocycles. The summed E-state index contributed by atoms with van der Waals surface area (Å²) >= 11 is 5.48. The third kappa shape index (κ3) is 2.55. The maximum Gasteiger partial charge on any atom is 0.232 e. The normalized spacial score (nSPS) is 11.4. The Kier molecular flexibility index (Phi) is 3.45. The van der Waals surface area contributed by atoms with Gasteiger partial charge in [0.05, 0.1) is 19.0 Å². The van der Waals surface area contributed by atoms with Gasteiger partial charge >= 0.3 is 0 Å². The van der Waals surface area contributed by atoms with E-state index in [0.29, 0.717) is 18.2 Å². The maximum atomic E-state index is 8.32. The molecule has 0 spiro atoms. The van der Waals surface area contributed by atoms with Gasteiger partial charge < -0.3 is 9.94 Å². The molecular weight excluding hydrogens is 194 g/mol. The quantitative estimate of drug-likeness (QED) is 0.454. The third-order valence-electron chi connectivity index (χ3n) is 1.22. The van der Waals surface area contributed by atoms with E-state index in [2.05, 4.69) is 15.1 Å². The van der Waals surface area contributed by atoms with E-state index >= 15 is 0 Å². The topological polar surface area (TPSA) is 67.6 Å². The van der Waals surface area contributed by atoms with Crippen LogP contribution < -0.4 is 4.74 Å². The van der Waals surface area contributed by atoms with Crippen molar-refractivity contribution in [3.8, 4) is 5.88 Å². The second kappa shape index (κ2) is 4.61. The monoisotopic (exact) mass is 201 g/mol. The Balaban J connectivity index is 2.81. The van der Waals surface area contributed by atoms with E-state index in [9.17, 15) is 0 Å². The van der Waals surface area contributed by atoms with Gasteiger partial charge in [0, 0.05) is 0 Å². The molecule has 1 rings (SSSR count). The lowest BCUT2D eigenvalue weighted by Crippen LogP contribution is -2.00. The molecule has 0 saturated carbocycles. The highest BCUT2D eigenvalue weighted by atomic mass is 35.5. The zero-order valence-corrected chi connectivity index (χ0v) is 7.69. The van der Waals surface area contributed by atoms with Crippen molar-refractivity contribution in [3.05, 3.63) is 18.1 Å². The fourth-order valence-electron chi connectivity index (χ4n) is 0.696. The molecule has 5 nitrogen and oxygen atoms in total. The van der Waals surface area contributed by atoms with Crippen molar-refractivity contribution in [2.75, 3.05) is 6.61 Å². The van der Waals surface area contributed by atoms with Gasteiger partial charge in [-0.25, -0.2) is 9.97 Å². The Morgan fingerprint density at radius 2 is 2.38 bits per heavy atom. The van der Waals surface area contributed by atoms with Gasteiger partial charge in [-0.15, -0.1) is 0 Å². The Hall–Kier alpha value is -1.36. The first-order valence-corrected chi connectivity index (χ1v) is 3.98. The average Bonchev–Trinajstić information content (AvgIpc) is 2.18. The van der Waals surface area contributed by atoms with Crippen LogP contribution in [0.25, 0.3) is 0 Å². The van der Waals surface area contributed by atoms with Crippen LogP contribution in [-0.4, -0.2) is 27.0 Å². The van der Waals surface area contributed by atoms with E-state index in [-0.39, 0.29) is 5.17 Å². The number of halogens is 1. The average molecular weight is 202 g/mol. The van der Waals surface area contributed by atoms with Crippen LogP contribution in [0, 0.1) is 0 Å². The summed E-state index contributed by atoms with van der Waals surface area (Å²) in [4.78, 5) is 7.73. The van der Waals surface area contributed by atoms with Crippen LogP contribution in [-0.2, 0) is 0 Å². The predicted octanol–water partition coefficient (Wildman–Crippen LogP) is 1.25. The summed E-state index contributed by atoms with van der Waals surface area (Å²) in [5, 5.41) is 11.0. The smallest absolute Gasteiger partial charge is 0.232 e. The third-order valence-corrected chi connectivity index (χ3v) is 1.49. The van der Waals surface area contributed by atoms with E-state index in [4.69, 9.17) is 21.5 Å². The van der Waals surface area contributed by atoms with Crippen molar-refractivity contribution in [1.82, 2.24) is 9.97 Å². The number of hydrogen-bond acceptors (Lipinski definition) is 5. The van der Waals surface area contributed by atoms with Crippen molar-refractivity contribution in [1.29, 1.82) is 0 Å². The lowest BCUT2D eigenvalue weighted by molar-refractivity contribution is 0.320. The minimum atomic E-state index is -0.101. The number of oxime groups is 1. The summed E-state index contributed by atoms with van der Waals surface area (Å²) in [6.45, 7) is 2.37. The lowest BCUT2D eigenvalue weighted by Gasteiger charge is -2.00. The summed E-state index contributed by atoms with van der Waals surface area (Å²) in [5.74, 6) is 0.411. The largest absolute Gasteiger partial charge is 0.477 e. The molecule has 0 aliphatic rings. The number of rotatable bonds is 3. The van der Waals surface area contributed by atoms with Crippen LogP contribution in [0.3, 0.4) is 0 Å². The molecule has 1 heterocycles. The van der Waals surface area contributed by atoms with E-state index in [1.54, 1.807) is 0 Å². The Morgan fingerprint density at radius 3 is 2.85 bits per heavy atom. The molecule has 0 aliphatic carbocycles. The van der Waals surface area contributed by atoms with Crippen LogP contribution >= 0.6 is 11.6 Å². The summed E-state index contributed by atoms with van der Waals surface area (Å²) in [5.41, 5.74) is 0.299. The molecule has 13 heavy (non-hydrogen) atoms. The minimum absolute atomic E-state index is 0.101. The van der Waals surface area contributed by atoms with E-state index in [0.717, 1.165) is 0 Å². The fraction of sp³-hybridized carbons (Fsp3) is 0.286. The van der Waals surface area contributed by atoms with Crippen LogP contribution in [0.5, 0.6) is 5.88 Å². The molecule has 0 atom stereocenters. The lowest BCUT2D eigenvalue weighted by atomic mass is 10.5. The van der Waals surface area contributed by atoms with Gasteiger partial charge in [-0.2, -0.15) is 0 Å².